The minimum atomic E-state index is -0.867. The summed E-state index contributed by atoms with van der Waals surface area (Å²) in [6.45, 7) is 1.70. The molecule has 0 aliphatic carbocycles. The van der Waals surface area contributed by atoms with Gasteiger partial charge < -0.3 is 14.5 Å². The van der Waals surface area contributed by atoms with Gasteiger partial charge in [-0.3, -0.25) is 4.79 Å². The predicted molar refractivity (Wildman–Crippen MR) is 60.5 cm³/mol. The molecular formula is C11H12N2O5. The Balaban J connectivity index is 2.05. The normalized spacial score (nSPS) is 15.6. The second-order valence-corrected chi connectivity index (χ2v) is 3.94. The highest BCUT2D eigenvalue weighted by Gasteiger charge is 2.26. The molecule has 1 aromatic rings. The monoisotopic (exact) mass is 252 g/mol. The number of hydrogen-bond acceptors (Lipinski definition) is 5. The van der Waals surface area contributed by atoms with Gasteiger partial charge in [0.15, 0.2) is 6.73 Å². The predicted octanol–water partition coefficient (Wildman–Crippen LogP) is 1.08. The Hall–Kier alpha value is -2.31. The molecule has 1 aromatic carbocycles. The van der Waals surface area contributed by atoms with Crippen molar-refractivity contribution in [3.8, 4) is 5.75 Å². The Bertz CT molecular complexity index is 476. The summed E-state index contributed by atoms with van der Waals surface area (Å²) in [6, 6.07) is 6.88. The van der Waals surface area contributed by atoms with Gasteiger partial charge in [-0.05, 0) is 19.1 Å². The number of para-hydroxylation sites is 1. The summed E-state index contributed by atoms with van der Waals surface area (Å²) >= 11 is 0. The SMILES string of the molecule is C[C@@H](CN1COc2ccccc2C1=O)O[N+](=O)[O-]. The molecule has 0 spiro atoms. The van der Waals surface area contributed by atoms with Gasteiger partial charge in [0.25, 0.3) is 11.0 Å². The third-order valence-corrected chi connectivity index (χ3v) is 2.52. The molecule has 0 saturated heterocycles. The van der Waals surface area contributed by atoms with Gasteiger partial charge in [-0.25, -0.2) is 0 Å². The Kier molecular flexibility index (Phi) is 3.31. The lowest BCUT2D eigenvalue weighted by molar-refractivity contribution is -0.767. The van der Waals surface area contributed by atoms with E-state index >= 15 is 0 Å². The molecule has 1 amide bonds. The first-order chi connectivity index (χ1) is 8.58. The fourth-order valence-corrected chi connectivity index (χ4v) is 1.77. The molecule has 96 valence electrons. The lowest BCUT2D eigenvalue weighted by Crippen LogP contribution is -2.43. The molecule has 1 aliphatic rings. The molecule has 1 atom stereocenters. The highest BCUT2D eigenvalue weighted by Crippen LogP contribution is 2.24. The number of amides is 1. The van der Waals surface area contributed by atoms with Crippen LogP contribution in [0, 0.1) is 10.1 Å². The molecule has 7 nitrogen and oxygen atoms in total. The van der Waals surface area contributed by atoms with Crippen LogP contribution in [0.1, 0.15) is 17.3 Å². The molecule has 1 aliphatic heterocycles. The molecule has 0 saturated carbocycles. The molecule has 7 heteroatoms. The van der Waals surface area contributed by atoms with E-state index in [2.05, 4.69) is 4.84 Å². The van der Waals surface area contributed by atoms with Gasteiger partial charge in [0.1, 0.15) is 11.9 Å². The molecular weight excluding hydrogens is 240 g/mol. The van der Waals surface area contributed by atoms with E-state index < -0.39 is 11.2 Å². The number of nitrogens with zero attached hydrogens (tertiary/aromatic N) is 2. The zero-order valence-electron chi connectivity index (χ0n) is 9.74. The summed E-state index contributed by atoms with van der Waals surface area (Å²) in [7, 11) is 0. The summed E-state index contributed by atoms with van der Waals surface area (Å²) in [5.74, 6) is 0.317. The topological polar surface area (TPSA) is 81.9 Å². The average Bonchev–Trinajstić information content (AvgIpc) is 2.32. The lowest BCUT2D eigenvalue weighted by Gasteiger charge is -2.29. The van der Waals surface area contributed by atoms with Gasteiger partial charge in [0.2, 0.25) is 0 Å². The molecule has 0 fully saturated rings. The van der Waals surface area contributed by atoms with Crippen LogP contribution >= 0.6 is 0 Å². The van der Waals surface area contributed by atoms with E-state index in [9.17, 15) is 14.9 Å². The van der Waals surface area contributed by atoms with E-state index in [1.54, 1.807) is 24.3 Å². The Morgan fingerprint density at radius 1 is 1.56 bits per heavy atom. The summed E-state index contributed by atoms with van der Waals surface area (Å²) in [4.78, 5) is 28.0. The number of rotatable bonds is 4. The molecule has 0 N–H and O–H groups in total. The van der Waals surface area contributed by atoms with Gasteiger partial charge in [-0.2, -0.15) is 0 Å². The quantitative estimate of drug-likeness (QED) is 0.591. The number of benzene rings is 1. The molecule has 1 heterocycles. The van der Waals surface area contributed by atoms with Crippen molar-refractivity contribution in [1.29, 1.82) is 0 Å². The average molecular weight is 252 g/mol. The van der Waals surface area contributed by atoms with E-state index in [-0.39, 0.29) is 19.2 Å². The molecule has 0 radical (unpaired) electrons. The lowest BCUT2D eigenvalue weighted by atomic mass is 10.1. The van der Waals surface area contributed by atoms with Crippen molar-refractivity contribution < 1.29 is 19.5 Å². The van der Waals surface area contributed by atoms with Crippen LogP contribution in [0.4, 0.5) is 0 Å². The fourth-order valence-electron chi connectivity index (χ4n) is 1.77. The molecule has 18 heavy (non-hydrogen) atoms. The zero-order valence-corrected chi connectivity index (χ0v) is 9.74. The van der Waals surface area contributed by atoms with Crippen molar-refractivity contribution in [2.24, 2.45) is 0 Å². The van der Waals surface area contributed by atoms with Crippen molar-refractivity contribution in [3.63, 3.8) is 0 Å². The summed E-state index contributed by atoms with van der Waals surface area (Å²) < 4.78 is 5.39. The van der Waals surface area contributed by atoms with Crippen molar-refractivity contribution in [3.05, 3.63) is 39.9 Å². The number of hydrogen-bond donors (Lipinski definition) is 0. The van der Waals surface area contributed by atoms with Gasteiger partial charge >= 0.3 is 0 Å². The minimum absolute atomic E-state index is 0.0707. The molecule has 2 rings (SSSR count). The largest absolute Gasteiger partial charge is 0.472 e. The van der Waals surface area contributed by atoms with E-state index in [1.807, 2.05) is 0 Å². The fraction of sp³-hybridized carbons (Fsp3) is 0.364. The van der Waals surface area contributed by atoms with Crippen LogP contribution in [0.3, 0.4) is 0 Å². The smallest absolute Gasteiger partial charge is 0.294 e. The van der Waals surface area contributed by atoms with E-state index in [0.717, 1.165) is 0 Å². The number of fused-ring (bicyclic) bond motifs is 1. The van der Waals surface area contributed by atoms with E-state index in [1.165, 1.54) is 11.8 Å². The van der Waals surface area contributed by atoms with Crippen LogP contribution in [-0.2, 0) is 4.84 Å². The van der Waals surface area contributed by atoms with Gasteiger partial charge in [0.05, 0.1) is 12.1 Å². The van der Waals surface area contributed by atoms with Gasteiger partial charge in [0, 0.05) is 0 Å². The third-order valence-electron chi connectivity index (χ3n) is 2.52. The molecule has 0 aromatic heterocycles. The van der Waals surface area contributed by atoms with Gasteiger partial charge in [-0.1, -0.05) is 12.1 Å². The summed E-state index contributed by atoms with van der Waals surface area (Å²) in [5.41, 5.74) is 0.456. The first kappa shape index (κ1) is 12.2. The maximum atomic E-state index is 12.1. The highest BCUT2D eigenvalue weighted by atomic mass is 17.0. The zero-order chi connectivity index (χ0) is 13.1. The van der Waals surface area contributed by atoms with Crippen LogP contribution in [0.15, 0.2) is 24.3 Å². The van der Waals surface area contributed by atoms with E-state index in [0.29, 0.717) is 11.3 Å². The first-order valence-electron chi connectivity index (χ1n) is 5.40. The van der Waals surface area contributed by atoms with Crippen LogP contribution in [0.2, 0.25) is 0 Å². The van der Waals surface area contributed by atoms with Crippen molar-refractivity contribution >= 4 is 5.91 Å². The summed E-state index contributed by atoms with van der Waals surface area (Å²) in [5, 5.41) is 9.31. The number of ether oxygens (including phenoxy) is 1. The standard InChI is InChI=1S/C11H12N2O5/c1-8(18-13(15)16)6-12-7-17-10-5-3-2-4-9(10)11(12)14/h2-5,8H,6-7H2,1H3/t8-/m0/s1. The van der Waals surface area contributed by atoms with Crippen molar-refractivity contribution in [2.75, 3.05) is 13.3 Å². The van der Waals surface area contributed by atoms with Crippen molar-refractivity contribution in [2.45, 2.75) is 13.0 Å². The van der Waals surface area contributed by atoms with Crippen LogP contribution < -0.4 is 4.74 Å². The summed E-state index contributed by atoms with van der Waals surface area (Å²) in [6.07, 6.45) is -0.696. The second-order valence-electron chi connectivity index (χ2n) is 3.94. The van der Waals surface area contributed by atoms with Crippen LogP contribution in [-0.4, -0.2) is 35.3 Å². The van der Waals surface area contributed by atoms with Crippen molar-refractivity contribution in [1.82, 2.24) is 4.90 Å². The Labute approximate surface area is 103 Å². The van der Waals surface area contributed by atoms with Gasteiger partial charge in [-0.15, -0.1) is 10.1 Å². The van der Waals surface area contributed by atoms with Crippen LogP contribution in [0.25, 0.3) is 0 Å². The Morgan fingerprint density at radius 2 is 2.28 bits per heavy atom. The third kappa shape index (κ3) is 2.50. The number of carbonyl (C=O) groups is 1. The van der Waals surface area contributed by atoms with E-state index in [4.69, 9.17) is 4.74 Å². The van der Waals surface area contributed by atoms with Crippen LogP contribution in [0.5, 0.6) is 5.75 Å². The second kappa shape index (κ2) is 4.91. The molecule has 0 unspecified atom stereocenters. The Morgan fingerprint density at radius 3 is 3.00 bits per heavy atom. The highest BCUT2D eigenvalue weighted by molar-refractivity contribution is 5.97. The maximum absolute atomic E-state index is 12.1. The number of carbonyl (C=O) groups excluding carboxylic acids is 1. The molecule has 0 bridgehead atoms. The first-order valence-corrected chi connectivity index (χ1v) is 5.40. The minimum Gasteiger partial charge on any atom is -0.472 e. The maximum Gasteiger partial charge on any atom is 0.294 e.